The van der Waals surface area contributed by atoms with Crippen molar-refractivity contribution in [1.29, 1.82) is 0 Å². The van der Waals surface area contributed by atoms with E-state index in [-0.39, 0.29) is 0 Å². The third-order valence-corrected chi connectivity index (χ3v) is 9.45. The highest BCUT2D eigenvalue weighted by Gasteiger charge is 2.40. The van der Waals surface area contributed by atoms with Crippen molar-refractivity contribution < 1.29 is 77.8 Å². The van der Waals surface area contributed by atoms with Crippen LogP contribution < -0.4 is 0 Å². The Balaban J connectivity index is 3.92. The highest BCUT2D eigenvalue weighted by Crippen LogP contribution is 2.43. The summed E-state index contributed by atoms with van der Waals surface area (Å²) in [6.07, 6.45) is 0. The Kier molecular flexibility index (Phi) is 6.54. The van der Waals surface area contributed by atoms with Gasteiger partial charge in [0.15, 0.2) is 0 Å². The van der Waals surface area contributed by atoms with Crippen molar-refractivity contribution in [3.8, 4) is 0 Å². The number of benzene rings is 2. The molecule has 0 bridgehead atoms. The van der Waals surface area contributed by atoms with E-state index in [1.165, 1.54) is 0 Å². The molecule has 0 aliphatic rings. The van der Waals surface area contributed by atoms with Gasteiger partial charge in [-0.3, -0.25) is 27.3 Å². The Hall–Kier alpha value is -1.84. The Morgan fingerprint density at radius 1 is 0.353 bits per heavy atom. The molecule has 34 heavy (non-hydrogen) atoms. The van der Waals surface area contributed by atoms with Gasteiger partial charge in [0.05, 0.1) is 0 Å². The Morgan fingerprint density at radius 2 is 0.559 bits per heavy atom. The molecule has 2 aromatic carbocycles. The summed E-state index contributed by atoms with van der Waals surface area (Å²) in [7, 11) is -36.5. The van der Waals surface area contributed by atoms with Crippen molar-refractivity contribution in [2.45, 2.75) is 29.4 Å². The predicted molar refractivity (Wildman–Crippen MR) is 103 cm³/mol. The number of hydrogen-bond donors (Lipinski definition) is 6. The fraction of sp³-hybridized carbons (Fsp3) is 0. The molecule has 0 radical (unpaired) electrons. The lowest BCUT2D eigenvalue weighted by Crippen LogP contribution is -2.18. The molecule has 0 heterocycles. The van der Waals surface area contributed by atoms with Crippen LogP contribution in [0.2, 0.25) is 0 Å². The molecule has 2 rings (SSSR count). The summed E-state index contributed by atoms with van der Waals surface area (Å²) in [5.74, 6) is 0. The average molecular weight is 609 g/mol. The van der Waals surface area contributed by atoms with Crippen LogP contribution in [0, 0.1) is 0 Å². The lowest BCUT2D eigenvalue weighted by Gasteiger charge is -2.18. The van der Waals surface area contributed by atoms with E-state index in [1.54, 1.807) is 0 Å². The van der Waals surface area contributed by atoms with Crippen molar-refractivity contribution >= 4 is 71.5 Å². The highest BCUT2D eigenvalue weighted by molar-refractivity contribution is 7.90. The minimum absolute atomic E-state index is 0.549. The third kappa shape index (κ3) is 5.21. The molecule has 0 saturated carbocycles. The molecule has 0 unspecified atom stereocenters. The van der Waals surface area contributed by atoms with Gasteiger partial charge in [-0.1, -0.05) is 0 Å². The minimum Gasteiger partial charge on any atom is -0.282 e. The quantitative estimate of drug-likeness (QED) is 0.199. The first-order valence-electron chi connectivity index (χ1n) is 7.22. The van der Waals surface area contributed by atoms with Crippen molar-refractivity contribution in [3.63, 3.8) is 0 Å². The van der Waals surface area contributed by atoms with Gasteiger partial charge in [0.2, 0.25) is 0 Å². The first-order valence-corrected chi connectivity index (χ1v) is 15.9. The summed E-state index contributed by atoms with van der Waals surface area (Å²) in [5, 5.41) is -4.29. The van der Waals surface area contributed by atoms with Crippen molar-refractivity contribution in [3.05, 3.63) is 12.1 Å². The first kappa shape index (κ1) is 28.4. The molecule has 0 aliphatic carbocycles. The van der Waals surface area contributed by atoms with Gasteiger partial charge in [-0.15, -0.1) is 0 Å². The van der Waals surface area contributed by atoms with Gasteiger partial charge in [0.1, 0.15) is 29.4 Å². The zero-order chi connectivity index (χ0) is 27.0. The third-order valence-electron chi connectivity index (χ3n) is 3.80. The van der Waals surface area contributed by atoms with E-state index in [0.717, 1.165) is 0 Å². The highest BCUT2D eigenvalue weighted by atomic mass is 32.2. The van der Waals surface area contributed by atoms with Gasteiger partial charge in [0, 0.05) is 10.8 Å². The van der Waals surface area contributed by atoms with Gasteiger partial charge in [-0.2, -0.15) is 50.5 Å². The molecule has 0 atom stereocenters. The monoisotopic (exact) mass is 608 g/mol. The lowest BCUT2D eigenvalue weighted by molar-refractivity contribution is 0.462. The van der Waals surface area contributed by atoms with Crippen LogP contribution in [0.25, 0.3) is 10.8 Å². The fourth-order valence-corrected chi connectivity index (χ4v) is 8.53. The lowest BCUT2D eigenvalue weighted by atomic mass is 10.1. The van der Waals surface area contributed by atoms with E-state index < -0.39 is 113 Å². The van der Waals surface area contributed by atoms with E-state index in [2.05, 4.69) is 0 Å². The molecule has 24 heteroatoms. The number of rotatable bonds is 6. The zero-order valence-electron chi connectivity index (χ0n) is 15.2. The largest absolute Gasteiger partial charge is 0.296 e. The normalized spacial score (nSPS) is 14.4. The van der Waals surface area contributed by atoms with E-state index in [4.69, 9.17) is 0 Å². The zero-order valence-corrected chi connectivity index (χ0v) is 20.1. The molecule has 2 aromatic rings. The van der Waals surface area contributed by atoms with Crippen molar-refractivity contribution in [1.82, 2.24) is 0 Å². The second kappa shape index (κ2) is 7.83. The van der Waals surface area contributed by atoms with Crippen LogP contribution in [0.1, 0.15) is 0 Å². The molecule has 0 spiro atoms. The van der Waals surface area contributed by atoms with Gasteiger partial charge in [-0.05, 0) is 12.1 Å². The second-order valence-electron chi connectivity index (χ2n) is 6.00. The molecule has 0 fully saturated rings. The van der Waals surface area contributed by atoms with Crippen LogP contribution in [-0.4, -0.2) is 77.8 Å². The Labute approximate surface area is 190 Å². The van der Waals surface area contributed by atoms with Crippen molar-refractivity contribution in [2.75, 3.05) is 0 Å². The molecule has 0 aromatic heterocycles. The second-order valence-corrected chi connectivity index (χ2v) is 14.3. The molecule has 0 aliphatic heterocycles. The number of fused-ring (bicyclic) bond motifs is 1. The predicted octanol–water partition coefficient (Wildman–Crippen LogP) is -1.68. The fourth-order valence-electron chi connectivity index (χ4n) is 2.76. The van der Waals surface area contributed by atoms with Crippen LogP contribution in [0.3, 0.4) is 0 Å². The van der Waals surface area contributed by atoms with Crippen molar-refractivity contribution in [2.24, 2.45) is 0 Å². The Morgan fingerprint density at radius 3 is 0.706 bits per heavy atom. The maximum atomic E-state index is 11.9. The van der Waals surface area contributed by atoms with Crippen LogP contribution in [0.5, 0.6) is 0 Å². The molecule has 192 valence electrons. The summed E-state index contributed by atoms with van der Waals surface area (Å²) in [4.78, 5) is -13.4. The maximum Gasteiger partial charge on any atom is 0.296 e. The van der Waals surface area contributed by atoms with E-state index in [9.17, 15) is 77.8 Å². The SMILES string of the molecule is O=S(=O)(O)c1cc(S(=O)(=O)O)c2c(S(=O)(=O)O)c(S(=O)(=O)O)cc(S(=O)(=O)O)c2c1S(=O)(=O)O. The summed E-state index contributed by atoms with van der Waals surface area (Å²) in [5.41, 5.74) is 0. The number of hydrogen-bond acceptors (Lipinski definition) is 12. The standard InChI is InChI=1S/C10H8O18S6/c11-29(12,13)3-1-5(31(17,18)19)9(33(23,24)25)8-4(30(14,15)16)2-6(32(20,21)22)10(7(3)8)34(26,27)28/h1-2H,(H,11,12,13)(H,14,15,16)(H,17,18,19)(H,20,21,22)(H,23,24,25)(H,26,27,28). The smallest absolute Gasteiger partial charge is 0.282 e. The minimum atomic E-state index is -6.18. The van der Waals surface area contributed by atoms with E-state index in [0.29, 0.717) is 0 Å². The molecular weight excluding hydrogens is 600 g/mol. The summed E-state index contributed by atoms with van der Waals surface area (Å²) < 4.78 is 198. The first-order chi connectivity index (χ1) is 14.7. The molecule has 18 nitrogen and oxygen atoms in total. The average Bonchev–Trinajstić information content (AvgIpc) is 2.53. The van der Waals surface area contributed by atoms with Crippen LogP contribution >= 0.6 is 0 Å². The molecule has 0 amide bonds. The summed E-state index contributed by atoms with van der Waals surface area (Å²) in [6.45, 7) is 0. The van der Waals surface area contributed by atoms with E-state index in [1.807, 2.05) is 0 Å². The topological polar surface area (TPSA) is 326 Å². The molecule has 0 saturated heterocycles. The Bertz CT molecular complexity index is 1770. The van der Waals surface area contributed by atoms with Crippen LogP contribution in [0.15, 0.2) is 41.5 Å². The molecular formula is C10H8O18S6. The maximum absolute atomic E-state index is 11.9. The summed E-state index contributed by atoms with van der Waals surface area (Å²) in [6, 6.07) is -1.10. The summed E-state index contributed by atoms with van der Waals surface area (Å²) >= 11 is 0. The van der Waals surface area contributed by atoms with Gasteiger partial charge >= 0.3 is 0 Å². The van der Waals surface area contributed by atoms with Crippen LogP contribution in [0.4, 0.5) is 0 Å². The van der Waals surface area contributed by atoms with Crippen LogP contribution in [-0.2, 0) is 60.7 Å². The van der Waals surface area contributed by atoms with Gasteiger partial charge in [0.25, 0.3) is 60.7 Å². The van der Waals surface area contributed by atoms with Gasteiger partial charge < -0.3 is 0 Å². The van der Waals surface area contributed by atoms with Gasteiger partial charge in [-0.25, -0.2) is 0 Å². The molecule has 6 N–H and O–H groups in total. The van der Waals surface area contributed by atoms with E-state index >= 15 is 0 Å².